The Bertz CT molecular complexity index is 437. The number of halogens is 1. The number of nitrogens with zero attached hydrogens (tertiary/aromatic N) is 1. The first-order chi connectivity index (χ1) is 8.95. The number of likely N-dealkylation sites (N-methyl/N-ethyl adjacent to an activating group) is 1. The van der Waals surface area contributed by atoms with Gasteiger partial charge in [-0.1, -0.05) is 22.9 Å². The maximum Gasteiger partial charge on any atom is 0.253 e. The summed E-state index contributed by atoms with van der Waals surface area (Å²) in [5, 5.41) is 2.89. The highest BCUT2D eigenvalue weighted by Gasteiger charge is 2.10. The van der Waals surface area contributed by atoms with Crippen LogP contribution in [-0.2, 0) is 0 Å². The zero-order valence-electron chi connectivity index (χ0n) is 11.7. The number of carbonyl (C=O) groups is 1. The number of hydrogen-bond donors (Lipinski definition) is 2. The van der Waals surface area contributed by atoms with E-state index in [4.69, 9.17) is 5.73 Å². The van der Waals surface area contributed by atoms with Crippen LogP contribution in [0.4, 0.5) is 5.69 Å². The lowest BCUT2D eigenvalue weighted by atomic mass is 10.1. The number of anilines is 1. The number of nitrogen functional groups attached to an aromatic ring is 1. The Morgan fingerprint density at radius 1 is 1.53 bits per heavy atom. The average Bonchev–Trinajstić information content (AvgIpc) is 2.37. The lowest BCUT2D eigenvalue weighted by Crippen LogP contribution is -2.37. The topological polar surface area (TPSA) is 58.4 Å². The van der Waals surface area contributed by atoms with E-state index in [1.54, 1.807) is 12.1 Å². The second kappa shape index (κ2) is 7.50. The van der Waals surface area contributed by atoms with Crippen LogP contribution in [0.15, 0.2) is 22.7 Å². The third kappa shape index (κ3) is 4.84. The molecule has 0 saturated heterocycles. The zero-order valence-corrected chi connectivity index (χ0v) is 13.3. The number of rotatable bonds is 6. The Morgan fingerprint density at radius 3 is 2.79 bits per heavy atom. The molecule has 0 aliphatic carbocycles. The van der Waals surface area contributed by atoms with Gasteiger partial charge in [-0.2, -0.15) is 0 Å². The molecule has 0 aromatic heterocycles. The van der Waals surface area contributed by atoms with Crippen LogP contribution >= 0.6 is 15.9 Å². The van der Waals surface area contributed by atoms with E-state index < -0.39 is 0 Å². The molecule has 1 amide bonds. The Morgan fingerprint density at radius 2 is 2.21 bits per heavy atom. The van der Waals surface area contributed by atoms with Crippen molar-refractivity contribution in [2.75, 3.05) is 25.9 Å². The molecule has 1 unspecified atom stereocenters. The van der Waals surface area contributed by atoms with Crippen molar-refractivity contribution >= 4 is 27.5 Å². The van der Waals surface area contributed by atoms with Gasteiger partial charge in [0.05, 0.1) is 5.56 Å². The van der Waals surface area contributed by atoms with E-state index in [9.17, 15) is 4.79 Å². The molecule has 0 radical (unpaired) electrons. The largest absolute Gasteiger partial charge is 0.398 e. The standard InChI is InChI=1S/C14H22BrN3O/c1-4-10(2)18(3)8-7-17-14(19)12-6-5-11(15)9-13(12)16/h5-6,9-10H,4,7-8,16H2,1-3H3,(H,17,19). The SMILES string of the molecule is CCC(C)N(C)CCNC(=O)c1ccc(Br)cc1N. The average molecular weight is 328 g/mol. The minimum atomic E-state index is -0.123. The first kappa shape index (κ1) is 16.0. The first-order valence-corrected chi connectivity index (χ1v) is 7.28. The summed E-state index contributed by atoms with van der Waals surface area (Å²) in [6, 6.07) is 5.80. The normalized spacial score (nSPS) is 12.5. The Labute approximate surface area is 123 Å². The molecule has 1 aromatic rings. The van der Waals surface area contributed by atoms with Gasteiger partial charge in [0.2, 0.25) is 0 Å². The molecule has 0 spiro atoms. The van der Waals surface area contributed by atoms with Crippen molar-refractivity contribution in [1.82, 2.24) is 10.2 Å². The van der Waals surface area contributed by atoms with Crippen molar-refractivity contribution in [3.63, 3.8) is 0 Å². The number of carbonyl (C=O) groups excluding carboxylic acids is 1. The van der Waals surface area contributed by atoms with Gasteiger partial charge in [-0.3, -0.25) is 4.79 Å². The van der Waals surface area contributed by atoms with Gasteiger partial charge >= 0.3 is 0 Å². The number of amides is 1. The highest BCUT2D eigenvalue weighted by atomic mass is 79.9. The predicted molar refractivity (Wildman–Crippen MR) is 83.3 cm³/mol. The van der Waals surface area contributed by atoms with Crippen LogP contribution in [0, 0.1) is 0 Å². The van der Waals surface area contributed by atoms with E-state index >= 15 is 0 Å². The van der Waals surface area contributed by atoms with Crippen LogP contribution in [-0.4, -0.2) is 37.0 Å². The number of nitrogens with two attached hydrogens (primary N) is 1. The van der Waals surface area contributed by atoms with Crippen molar-refractivity contribution in [1.29, 1.82) is 0 Å². The quantitative estimate of drug-likeness (QED) is 0.789. The molecule has 1 rings (SSSR count). The fourth-order valence-electron chi connectivity index (χ4n) is 1.71. The monoisotopic (exact) mass is 327 g/mol. The number of benzene rings is 1. The third-order valence-electron chi connectivity index (χ3n) is 3.35. The molecule has 0 heterocycles. The lowest BCUT2D eigenvalue weighted by molar-refractivity contribution is 0.0948. The summed E-state index contributed by atoms with van der Waals surface area (Å²) in [5.41, 5.74) is 6.83. The number of nitrogens with one attached hydrogen (secondary N) is 1. The van der Waals surface area contributed by atoms with E-state index in [0.29, 0.717) is 23.8 Å². The fraction of sp³-hybridized carbons (Fsp3) is 0.500. The van der Waals surface area contributed by atoms with Crippen molar-refractivity contribution < 1.29 is 4.79 Å². The predicted octanol–water partition coefficient (Wildman–Crippen LogP) is 2.49. The van der Waals surface area contributed by atoms with E-state index in [1.165, 1.54) is 0 Å². The second-order valence-electron chi connectivity index (χ2n) is 4.73. The molecule has 106 valence electrons. The van der Waals surface area contributed by atoms with Crippen molar-refractivity contribution in [2.24, 2.45) is 0 Å². The van der Waals surface area contributed by atoms with Gasteiger partial charge in [0.1, 0.15) is 0 Å². The molecule has 0 saturated carbocycles. The summed E-state index contributed by atoms with van der Waals surface area (Å²) in [4.78, 5) is 14.2. The molecule has 3 N–H and O–H groups in total. The lowest BCUT2D eigenvalue weighted by Gasteiger charge is -2.23. The van der Waals surface area contributed by atoms with Gasteiger partial charge in [-0.25, -0.2) is 0 Å². The van der Waals surface area contributed by atoms with E-state index in [2.05, 4.69) is 47.0 Å². The molecule has 1 atom stereocenters. The minimum absolute atomic E-state index is 0.123. The van der Waals surface area contributed by atoms with Crippen LogP contribution in [0.5, 0.6) is 0 Å². The van der Waals surface area contributed by atoms with Gasteiger partial charge in [-0.05, 0) is 38.6 Å². The fourth-order valence-corrected chi connectivity index (χ4v) is 2.09. The Balaban J connectivity index is 2.47. The minimum Gasteiger partial charge on any atom is -0.398 e. The van der Waals surface area contributed by atoms with E-state index in [-0.39, 0.29) is 5.91 Å². The molecule has 5 heteroatoms. The molecule has 0 aliphatic heterocycles. The third-order valence-corrected chi connectivity index (χ3v) is 3.84. The molecule has 1 aromatic carbocycles. The zero-order chi connectivity index (χ0) is 14.4. The van der Waals surface area contributed by atoms with Crippen LogP contribution < -0.4 is 11.1 Å². The maximum absolute atomic E-state index is 12.0. The Kier molecular flexibility index (Phi) is 6.31. The van der Waals surface area contributed by atoms with Gasteiger partial charge < -0.3 is 16.0 Å². The molecule has 19 heavy (non-hydrogen) atoms. The van der Waals surface area contributed by atoms with Gasteiger partial charge in [0.25, 0.3) is 5.91 Å². The van der Waals surface area contributed by atoms with E-state index in [1.807, 2.05) is 6.07 Å². The molecule has 0 fully saturated rings. The second-order valence-corrected chi connectivity index (χ2v) is 5.64. The van der Waals surface area contributed by atoms with Crippen molar-refractivity contribution in [2.45, 2.75) is 26.3 Å². The summed E-state index contributed by atoms with van der Waals surface area (Å²) < 4.78 is 0.873. The van der Waals surface area contributed by atoms with Crippen LogP contribution in [0.2, 0.25) is 0 Å². The summed E-state index contributed by atoms with van der Waals surface area (Å²) in [5.74, 6) is -0.123. The summed E-state index contributed by atoms with van der Waals surface area (Å²) in [6.45, 7) is 5.78. The maximum atomic E-state index is 12.0. The summed E-state index contributed by atoms with van der Waals surface area (Å²) in [7, 11) is 2.06. The molecular weight excluding hydrogens is 306 g/mol. The van der Waals surface area contributed by atoms with Crippen LogP contribution in [0.25, 0.3) is 0 Å². The van der Waals surface area contributed by atoms with Crippen molar-refractivity contribution in [3.05, 3.63) is 28.2 Å². The molecule has 4 nitrogen and oxygen atoms in total. The molecule has 0 bridgehead atoms. The van der Waals surface area contributed by atoms with Crippen LogP contribution in [0.3, 0.4) is 0 Å². The smallest absolute Gasteiger partial charge is 0.253 e. The highest BCUT2D eigenvalue weighted by Crippen LogP contribution is 2.18. The molecule has 0 aliphatic rings. The summed E-state index contributed by atoms with van der Waals surface area (Å²) >= 11 is 3.32. The summed E-state index contributed by atoms with van der Waals surface area (Å²) in [6.07, 6.45) is 1.10. The van der Waals surface area contributed by atoms with Gasteiger partial charge in [-0.15, -0.1) is 0 Å². The molecular formula is C14H22BrN3O. The number of hydrogen-bond acceptors (Lipinski definition) is 3. The van der Waals surface area contributed by atoms with Gasteiger partial charge in [0, 0.05) is 29.3 Å². The van der Waals surface area contributed by atoms with Crippen LogP contribution in [0.1, 0.15) is 30.6 Å². The van der Waals surface area contributed by atoms with Gasteiger partial charge in [0.15, 0.2) is 0 Å². The highest BCUT2D eigenvalue weighted by molar-refractivity contribution is 9.10. The van der Waals surface area contributed by atoms with Crippen molar-refractivity contribution in [3.8, 4) is 0 Å². The van der Waals surface area contributed by atoms with E-state index in [0.717, 1.165) is 17.4 Å². The Hall–Kier alpha value is -1.07. The first-order valence-electron chi connectivity index (χ1n) is 6.49.